The molecule has 1 aliphatic heterocycles. The molecule has 1 fully saturated rings. The second-order valence-electron chi connectivity index (χ2n) is 4.68. The van der Waals surface area contributed by atoms with E-state index < -0.39 is 15.1 Å². The summed E-state index contributed by atoms with van der Waals surface area (Å²) in [5.41, 5.74) is 1.15. The van der Waals surface area contributed by atoms with Crippen LogP contribution in [-0.4, -0.2) is 41.0 Å². The number of piperidine rings is 1. The summed E-state index contributed by atoms with van der Waals surface area (Å²) in [5, 5.41) is 9.83. The average Bonchev–Trinajstić information content (AvgIpc) is 2.32. The molecule has 0 aromatic heterocycles. The fraction of sp³-hybridized carbons (Fsp3) is 0.500. The van der Waals surface area contributed by atoms with E-state index in [2.05, 4.69) is 4.90 Å². The van der Waals surface area contributed by atoms with E-state index in [1.54, 1.807) is 0 Å². The number of likely N-dealkylation sites (tertiary alicyclic amines) is 1. The van der Waals surface area contributed by atoms with Crippen LogP contribution in [0.4, 0.5) is 0 Å². The van der Waals surface area contributed by atoms with E-state index in [-0.39, 0.29) is 12.8 Å². The SMILES string of the molecule is O=S(=O)(O)C1(O)CCN(Cc2ccccc2)CC1. The van der Waals surface area contributed by atoms with Crippen LogP contribution >= 0.6 is 0 Å². The Morgan fingerprint density at radius 3 is 2.22 bits per heavy atom. The zero-order valence-electron chi connectivity index (χ0n) is 9.99. The second-order valence-corrected chi connectivity index (χ2v) is 6.39. The molecule has 0 atom stereocenters. The Balaban J connectivity index is 1.96. The van der Waals surface area contributed by atoms with Gasteiger partial charge in [-0.05, 0) is 5.56 Å². The molecular formula is C12H17NO4S. The third-order valence-electron chi connectivity index (χ3n) is 3.37. The van der Waals surface area contributed by atoms with Gasteiger partial charge in [0, 0.05) is 32.5 Å². The Kier molecular flexibility index (Phi) is 3.72. The largest absolute Gasteiger partial charge is 0.372 e. The highest BCUT2D eigenvalue weighted by atomic mass is 32.2. The van der Waals surface area contributed by atoms with Crippen molar-refractivity contribution in [3.8, 4) is 0 Å². The van der Waals surface area contributed by atoms with Crippen LogP contribution < -0.4 is 0 Å². The minimum atomic E-state index is -4.39. The van der Waals surface area contributed by atoms with Crippen molar-refractivity contribution in [1.29, 1.82) is 0 Å². The van der Waals surface area contributed by atoms with Crippen LogP contribution in [0, 0.1) is 0 Å². The Labute approximate surface area is 107 Å². The maximum Gasteiger partial charge on any atom is 0.295 e. The summed E-state index contributed by atoms with van der Waals surface area (Å²) in [5.74, 6) is 0. The number of hydrogen-bond donors (Lipinski definition) is 2. The van der Waals surface area contributed by atoms with E-state index in [4.69, 9.17) is 4.55 Å². The first-order chi connectivity index (χ1) is 8.41. The number of rotatable bonds is 3. The van der Waals surface area contributed by atoms with Crippen LogP contribution in [0.3, 0.4) is 0 Å². The van der Waals surface area contributed by atoms with Crippen LogP contribution in [0.5, 0.6) is 0 Å². The normalized spacial score (nSPS) is 20.8. The van der Waals surface area contributed by atoms with Gasteiger partial charge in [-0.1, -0.05) is 30.3 Å². The van der Waals surface area contributed by atoms with Gasteiger partial charge >= 0.3 is 0 Å². The molecule has 0 amide bonds. The quantitative estimate of drug-likeness (QED) is 0.797. The number of nitrogens with zero attached hydrogens (tertiary/aromatic N) is 1. The maximum atomic E-state index is 11.1. The van der Waals surface area contributed by atoms with E-state index in [1.807, 2.05) is 30.3 Å². The van der Waals surface area contributed by atoms with Crippen molar-refractivity contribution in [1.82, 2.24) is 4.90 Å². The lowest BCUT2D eigenvalue weighted by Gasteiger charge is -2.35. The predicted molar refractivity (Wildman–Crippen MR) is 67.5 cm³/mol. The van der Waals surface area contributed by atoms with Gasteiger partial charge in [-0.25, -0.2) is 0 Å². The summed E-state index contributed by atoms with van der Waals surface area (Å²) in [6, 6.07) is 9.85. The summed E-state index contributed by atoms with van der Waals surface area (Å²) in [4.78, 5) is 0.0924. The first kappa shape index (κ1) is 13.5. The van der Waals surface area contributed by atoms with E-state index in [1.165, 1.54) is 0 Å². The molecule has 0 bridgehead atoms. The standard InChI is InChI=1S/C12H17NO4S/c14-12(18(15,16)17)6-8-13(9-7-12)10-11-4-2-1-3-5-11/h1-5,14H,6-10H2,(H,15,16,17). The highest BCUT2D eigenvalue weighted by Crippen LogP contribution is 2.27. The highest BCUT2D eigenvalue weighted by Gasteiger charge is 2.43. The second kappa shape index (κ2) is 4.97. The molecule has 2 N–H and O–H groups in total. The van der Waals surface area contributed by atoms with Crippen molar-refractivity contribution in [3.05, 3.63) is 35.9 Å². The fourth-order valence-electron chi connectivity index (χ4n) is 2.16. The topological polar surface area (TPSA) is 77.8 Å². The molecule has 6 heteroatoms. The summed E-state index contributed by atoms with van der Waals surface area (Å²) >= 11 is 0. The molecule has 100 valence electrons. The smallest absolute Gasteiger partial charge is 0.295 e. The molecule has 0 radical (unpaired) electrons. The van der Waals surface area contributed by atoms with Crippen molar-refractivity contribution in [2.24, 2.45) is 0 Å². The third kappa shape index (κ3) is 2.89. The molecule has 18 heavy (non-hydrogen) atoms. The van der Waals surface area contributed by atoms with E-state index in [9.17, 15) is 13.5 Å². The van der Waals surface area contributed by atoms with Crippen LogP contribution in [0.15, 0.2) is 30.3 Å². The number of aliphatic hydroxyl groups is 1. The molecule has 0 saturated carbocycles. The van der Waals surface area contributed by atoms with Gasteiger partial charge < -0.3 is 5.11 Å². The van der Waals surface area contributed by atoms with Gasteiger partial charge in [0.1, 0.15) is 0 Å². The Morgan fingerprint density at radius 1 is 1.17 bits per heavy atom. The summed E-state index contributed by atoms with van der Waals surface area (Å²) in [7, 11) is -4.39. The van der Waals surface area contributed by atoms with Crippen LogP contribution in [0.2, 0.25) is 0 Å². The van der Waals surface area contributed by atoms with Crippen molar-refractivity contribution in [3.63, 3.8) is 0 Å². The fourth-order valence-corrected chi connectivity index (χ4v) is 2.86. The first-order valence-electron chi connectivity index (χ1n) is 5.86. The van der Waals surface area contributed by atoms with E-state index in [0.29, 0.717) is 13.1 Å². The van der Waals surface area contributed by atoms with Gasteiger partial charge in [0.15, 0.2) is 4.93 Å². The van der Waals surface area contributed by atoms with E-state index in [0.717, 1.165) is 12.1 Å². The van der Waals surface area contributed by atoms with Gasteiger partial charge in [0.05, 0.1) is 0 Å². The highest BCUT2D eigenvalue weighted by molar-refractivity contribution is 7.87. The molecule has 1 heterocycles. The maximum absolute atomic E-state index is 11.1. The lowest BCUT2D eigenvalue weighted by Crippen LogP contribution is -2.48. The van der Waals surface area contributed by atoms with Crippen molar-refractivity contribution in [2.45, 2.75) is 24.3 Å². The molecule has 1 aromatic rings. The summed E-state index contributed by atoms with van der Waals surface area (Å²) in [6.07, 6.45) is 0.0807. The molecule has 1 aromatic carbocycles. The number of hydrogen-bond acceptors (Lipinski definition) is 4. The van der Waals surface area contributed by atoms with Gasteiger partial charge in [-0.15, -0.1) is 0 Å². The van der Waals surface area contributed by atoms with Crippen molar-refractivity contribution in [2.75, 3.05) is 13.1 Å². The zero-order valence-corrected chi connectivity index (χ0v) is 10.8. The molecule has 2 rings (SSSR count). The first-order valence-corrected chi connectivity index (χ1v) is 7.30. The molecule has 5 nitrogen and oxygen atoms in total. The average molecular weight is 271 g/mol. The zero-order chi connectivity index (χ0) is 13.2. The molecular weight excluding hydrogens is 254 g/mol. The summed E-state index contributed by atoms with van der Waals surface area (Å²) < 4.78 is 31.1. The molecule has 0 spiro atoms. The van der Waals surface area contributed by atoms with Gasteiger partial charge in [-0.3, -0.25) is 9.45 Å². The molecule has 1 saturated heterocycles. The third-order valence-corrected chi connectivity index (χ3v) is 4.74. The van der Waals surface area contributed by atoms with Gasteiger partial charge in [-0.2, -0.15) is 8.42 Å². The van der Waals surface area contributed by atoms with E-state index >= 15 is 0 Å². The Bertz CT molecular complexity index is 492. The summed E-state index contributed by atoms with van der Waals surface area (Å²) in [6.45, 7) is 1.62. The monoisotopic (exact) mass is 271 g/mol. The lowest BCUT2D eigenvalue weighted by molar-refractivity contribution is 0.0363. The molecule has 0 unspecified atom stereocenters. The van der Waals surface area contributed by atoms with Gasteiger partial charge in [0.2, 0.25) is 0 Å². The minimum absolute atomic E-state index is 0.0403. The molecule has 0 aliphatic carbocycles. The lowest BCUT2D eigenvalue weighted by atomic mass is 10.1. The Hall–Kier alpha value is -0.950. The number of benzene rings is 1. The van der Waals surface area contributed by atoms with Gasteiger partial charge in [0.25, 0.3) is 10.1 Å². The Morgan fingerprint density at radius 2 is 1.72 bits per heavy atom. The minimum Gasteiger partial charge on any atom is -0.372 e. The van der Waals surface area contributed by atoms with Crippen molar-refractivity contribution < 1.29 is 18.1 Å². The predicted octanol–water partition coefficient (Wildman–Crippen LogP) is 0.859. The van der Waals surface area contributed by atoms with Crippen LogP contribution in [0.1, 0.15) is 18.4 Å². The van der Waals surface area contributed by atoms with Crippen LogP contribution in [0.25, 0.3) is 0 Å². The van der Waals surface area contributed by atoms with Crippen LogP contribution in [-0.2, 0) is 16.7 Å². The van der Waals surface area contributed by atoms with Crippen molar-refractivity contribution >= 4 is 10.1 Å². The molecule has 1 aliphatic rings.